The van der Waals surface area contributed by atoms with E-state index in [1.165, 1.54) is 0 Å². The zero-order chi connectivity index (χ0) is 19.2. The van der Waals surface area contributed by atoms with Crippen molar-refractivity contribution in [3.05, 3.63) is 60.2 Å². The largest absolute Gasteiger partial charge is 0.493 e. The van der Waals surface area contributed by atoms with Gasteiger partial charge in [0.05, 0.1) is 21.3 Å². The molecule has 0 spiro atoms. The Labute approximate surface area is 158 Å². The summed E-state index contributed by atoms with van der Waals surface area (Å²) in [5, 5.41) is 1.95. The number of ether oxygens (including phenoxy) is 4. The van der Waals surface area contributed by atoms with Crippen molar-refractivity contribution in [1.29, 1.82) is 0 Å². The maximum absolute atomic E-state index is 12.4. The van der Waals surface area contributed by atoms with E-state index in [1.54, 1.807) is 27.4 Å². The second kappa shape index (κ2) is 8.45. The molecule has 0 atom stereocenters. The first-order valence-corrected chi connectivity index (χ1v) is 8.63. The number of hydrogen-bond acceptors (Lipinski definition) is 5. The van der Waals surface area contributed by atoms with Gasteiger partial charge in [0.1, 0.15) is 5.75 Å². The molecule has 0 heterocycles. The normalized spacial score (nSPS) is 10.5. The van der Waals surface area contributed by atoms with E-state index in [0.717, 1.165) is 16.3 Å². The molecule has 0 unspecified atom stereocenters. The van der Waals surface area contributed by atoms with Gasteiger partial charge in [-0.15, -0.1) is 0 Å². The van der Waals surface area contributed by atoms with Crippen LogP contribution in [0.1, 0.15) is 12.0 Å². The number of esters is 1. The van der Waals surface area contributed by atoms with Gasteiger partial charge < -0.3 is 18.9 Å². The third-order valence-electron chi connectivity index (χ3n) is 4.32. The Morgan fingerprint density at radius 2 is 1.48 bits per heavy atom. The minimum atomic E-state index is -0.292. The Morgan fingerprint density at radius 1 is 0.815 bits per heavy atom. The summed E-state index contributed by atoms with van der Waals surface area (Å²) in [6.45, 7) is 0. The fraction of sp³-hybridized carbons (Fsp3) is 0.227. The van der Waals surface area contributed by atoms with E-state index in [4.69, 9.17) is 18.9 Å². The first kappa shape index (κ1) is 18.6. The summed E-state index contributed by atoms with van der Waals surface area (Å²) in [7, 11) is 4.69. The number of methoxy groups -OCH3 is 3. The number of carbonyl (C=O) groups is 1. The summed E-state index contributed by atoms with van der Waals surface area (Å²) in [5.74, 6) is 1.94. The molecule has 27 heavy (non-hydrogen) atoms. The van der Waals surface area contributed by atoms with Gasteiger partial charge in [-0.25, -0.2) is 0 Å². The van der Waals surface area contributed by atoms with Crippen LogP contribution < -0.4 is 18.9 Å². The molecule has 0 amide bonds. The highest BCUT2D eigenvalue weighted by molar-refractivity contribution is 5.90. The second-order valence-corrected chi connectivity index (χ2v) is 5.98. The lowest BCUT2D eigenvalue weighted by Gasteiger charge is -2.14. The Hall–Kier alpha value is -3.21. The van der Waals surface area contributed by atoms with Crippen molar-refractivity contribution in [3.8, 4) is 23.0 Å². The molecule has 0 fully saturated rings. The van der Waals surface area contributed by atoms with Crippen LogP contribution in [0.3, 0.4) is 0 Å². The fourth-order valence-electron chi connectivity index (χ4n) is 2.98. The van der Waals surface area contributed by atoms with Crippen LogP contribution in [-0.2, 0) is 11.2 Å². The van der Waals surface area contributed by atoms with E-state index in [-0.39, 0.29) is 12.4 Å². The van der Waals surface area contributed by atoms with Crippen LogP contribution in [-0.4, -0.2) is 27.3 Å². The summed E-state index contributed by atoms with van der Waals surface area (Å²) in [5.41, 5.74) is 0.902. The third-order valence-corrected chi connectivity index (χ3v) is 4.32. The molecule has 0 bridgehead atoms. The predicted octanol–water partition coefficient (Wildman–Crippen LogP) is 4.40. The summed E-state index contributed by atoms with van der Waals surface area (Å²) in [4.78, 5) is 12.4. The van der Waals surface area contributed by atoms with E-state index < -0.39 is 0 Å². The zero-order valence-electron chi connectivity index (χ0n) is 15.7. The highest BCUT2D eigenvalue weighted by Crippen LogP contribution is 2.38. The molecule has 3 aromatic carbocycles. The van der Waals surface area contributed by atoms with E-state index in [1.807, 2.05) is 48.5 Å². The summed E-state index contributed by atoms with van der Waals surface area (Å²) >= 11 is 0. The molecule has 0 N–H and O–H groups in total. The van der Waals surface area contributed by atoms with Crippen molar-refractivity contribution in [1.82, 2.24) is 0 Å². The summed E-state index contributed by atoms with van der Waals surface area (Å²) in [6.07, 6.45) is 0.738. The van der Waals surface area contributed by atoms with Crippen LogP contribution in [0.15, 0.2) is 54.6 Å². The van der Waals surface area contributed by atoms with Crippen molar-refractivity contribution in [2.45, 2.75) is 12.8 Å². The molecule has 0 saturated heterocycles. The molecule has 5 heteroatoms. The third kappa shape index (κ3) is 4.14. The summed E-state index contributed by atoms with van der Waals surface area (Å²) in [6, 6.07) is 17.2. The standard InChI is InChI=1S/C22H22O5/c1-24-19-13-15(14-20(25-2)22(19)26-3)11-12-21(23)27-18-10-6-8-16-7-4-5-9-17(16)18/h4-10,13-14H,11-12H2,1-3H3. The number of carbonyl (C=O) groups excluding carboxylic acids is 1. The predicted molar refractivity (Wildman–Crippen MR) is 104 cm³/mol. The smallest absolute Gasteiger partial charge is 0.311 e. The quantitative estimate of drug-likeness (QED) is 0.458. The molecule has 3 rings (SSSR count). The fourth-order valence-corrected chi connectivity index (χ4v) is 2.98. The lowest BCUT2D eigenvalue weighted by Crippen LogP contribution is -2.09. The molecule has 140 valence electrons. The lowest BCUT2D eigenvalue weighted by molar-refractivity contribution is -0.134. The van der Waals surface area contributed by atoms with Gasteiger partial charge in [0, 0.05) is 11.8 Å². The van der Waals surface area contributed by atoms with Crippen molar-refractivity contribution in [3.63, 3.8) is 0 Å². The van der Waals surface area contributed by atoms with Gasteiger partial charge in [0.15, 0.2) is 11.5 Å². The van der Waals surface area contributed by atoms with Crippen LogP contribution in [0.4, 0.5) is 0 Å². The highest BCUT2D eigenvalue weighted by Gasteiger charge is 2.15. The van der Waals surface area contributed by atoms with Crippen LogP contribution in [0.25, 0.3) is 10.8 Å². The van der Waals surface area contributed by atoms with Gasteiger partial charge in [0.25, 0.3) is 0 Å². The summed E-state index contributed by atoms with van der Waals surface area (Å²) < 4.78 is 21.6. The molecule has 0 aromatic heterocycles. The molecule has 5 nitrogen and oxygen atoms in total. The van der Waals surface area contributed by atoms with Gasteiger partial charge >= 0.3 is 5.97 Å². The van der Waals surface area contributed by atoms with Gasteiger partial charge in [-0.05, 0) is 35.6 Å². The Balaban J connectivity index is 1.72. The molecular formula is C22H22O5. The minimum Gasteiger partial charge on any atom is -0.493 e. The monoisotopic (exact) mass is 366 g/mol. The molecule has 0 radical (unpaired) electrons. The van der Waals surface area contributed by atoms with E-state index >= 15 is 0 Å². The van der Waals surface area contributed by atoms with E-state index in [2.05, 4.69) is 0 Å². The van der Waals surface area contributed by atoms with Gasteiger partial charge in [-0.3, -0.25) is 4.79 Å². The maximum atomic E-state index is 12.4. The minimum absolute atomic E-state index is 0.238. The van der Waals surface area contributed by atoms with Crippen molar-refractivity contribution in [2.75, 3.05) is 21.3 Å². The number of fused-ring (bicyclic) bond motifs is 1. The van der Waals surface area contributed by atoms with Crippen molar-refractivity contribution in [2.24, 2.45) is 0 Å². The molecule has 0 aliphatic rings. The molecule has 0 aliphatic carbocycles. The molecule has 3 aromatic rings. The second-order valence-electron chi connectivity index (χ2n) is 5.98. The van der Waals surface area contributed by atoms with Gasteiger partial charge in [-0.2, -0.15) is 0 Å². The Morgan fingerprint density at radius 3 is 2.15 bits per heavy atom. The number of benzene rings is 3. The molecule has 0 aliphatic heterocycles. The first-order valence-electron chi connectivity index (χ1n) is 8.63. The van der Waals surface area contributed by atoms with Crippen LogP contribution in [0.5, 0.6) is 23.0 Å². The topological polar surface area (TPSA) is 54.0 Å². The van der Waals surface area contributed by atoms with E-state index in [0.29, 0.717) is 29.4 Å². The molecule has 0 saturated carbocycles. The zero-order valence-corrected chi connectivity index (χ0v) is 15.7. The van der Waals surface area contributed by atoms with Crippen LogP contribution in [0.2, 0.25) is 0 Å². The first-order chi connectivity index (χ1) is 13.2. The lowest BCUT2D eigenvalue weighted by atomic mass is 10.1. The Bertz CT molecular complexity index is 918. The SMILES string of the molecule is COc1cc(CCC(=O)Oc2cccc3ccccc23)cc(OC)c1OC. The van der Waals surface area contributed by atoms with Crippen LogP contribution in [0, 0.1) is 0 Å². The Kier molecular flexibility index (Phi) is 5.81. The highest BCUT2D eigenvalue weighted by atomic mass is 16.5. The van der Waals surface area contributed by atoms with Gasteiger partial charge in [0.2, 0.25) is 5.75 Å². The number of aryl methyl sites for hydroxylation is 1. The number of hydrogen-bond donors (Lipinski definition) is 0. The van der Waals surface area contributed by atoms with Crippen molar-refractivity contribution < 1.29 is 23.7 Å². The average Bonchev–Trinajstić information content (AvgIpc) is 2.71. The van der Waals surface area contributed by atoms with E-state index in [9.17, 15) is 4.79 Å². The van der Waals surface area contributed by atoms with Gasteiger partial charge in [-0.1, -0.05) is 36.4 Å². The maximum Gasteiger partial charge on any atom is 0.311 e. The van der Waals surface area contributed by atoms with Crippen molar-refractivity contribution >= 4 is 16.7 Å². The number of rotatable bonds is 7. The molecular weight excluding hydrogens is 344 g/mol. The van der Waals surface area contributed by atoms with Crippen LogP contribution >= 0.6 is 0 Å². The average molecular weight is 366 g/mol.